The van der Waals surface area contributed by atoms with Crippen molar-refractivity contribution >= 4 is 33.1 Å². The van der Waals surface area contributed by atoms with E-state index in [1.54, 1.807) is 29.5 Å². The third-order valence-corrected chi connectivity index (χ3v) is 6.05. The van der Waals surface area contributed by atoms with Crippen LogP contribution in [-0.4, -0.2) is 35.4 Å². The molecule has 5 nitrogen and oxygen atoms in total. The first-order chi connectivity index (χ1) is 13.2. The fraction of sp³-hybridized carbons (Fsp3) is 0.286. The molecule has 2 heterocycles. The summed E-state index contributed by atoms with van der Waals surface area (Å²) >= 11 is 1.76. The smallest absolute Gasteiger partial charge is 0.238 e. The molecule has 0 bridgehead atoms. The molecule has 1 aliphatic heterocycles. The van der Waals surface area contributed by atoms with Crippen molar-refractivity contribution in [2.45, 2.75) is 18.8 Å². The summed E-state index contributed by atoms with van der Waals surface area (Å²) in [5.41, 5.74) is 2.11. The summed E-state index contributed by atoms with van der Waals surface area (Å²) in [6, 6.07) is 17.4. The first-order valence-electron chi connectivity index (χ1n) is 9.10. The lowest BCUT2D eigenvalue weighted by Crippen LogP contribution is -2.39. The predicted octanol–water partition coefficient (Wildman–Crippen LogP) is 3.99. The summed E-state index contributed by atoms with van der Waals surface area (Å²) in [7, 11) is 0. The lowest BCUT2D eigenvalue weighted by atomic mass is 9.99. The Morgan fingerprint density at radius 3 is 2.93 bits per heavy atom. The van der Waals surface area contributed by atoms with E-state index in [-0.39, 0.29) is 5.91 Å². The Hall–Kier alpha value is -2.75. The van der Waals surface area contributed by atoms with E-state index in [4.69, 9.17) is 10.2 Å². The summed E-state index contributed by atoms with van der Waals surface area (Å²) in [4.78, 5) is 19.4. The number of hydrogen-bond acceptors (Lipinski definition) is 5. The zero-order valence-corrected chi connectivity index (χ0v) is 15.7. The van der Waals surface area contributed by atoms with E-state index >= 15 is 0 Å². The van der Waals surface area contributed by atoms with Gasteiger partial charge in [0.05, 0.1) is 33.0 Å². The SMILES string of the molecule is N#Cc1ccccc1NC(=O)CN1CCC[C@H](c2nc3ccccc3s2)C1. The van der Waals surface area contributed by atoms with Crippen LogP contribution < -0.4 is 5.32 Å². The van der Waals surface area contributed by atoms with Crippen LogP contribution in [0.3, 0.4) is 0 Å². The molecule has 4 rings (SSSR count). The maximum Gasteiger partial charge on any atom is 0.238 e. The highest BCUT2D eigenvalue weighted by Gasteiger charge is 2.25. The second-order valence-electron chi connectivity index (χ2n) is 6.80. The van der Waals surface area contributed by atoms with E-state index < -0.39 is 0 Å². The molecular weight excluding hydrogens is 356 g/mol. The maximum atomic E-state index is 12.5. The molecule has 136 valence electrons. The fourth-order valence-corrected chi connectivity index (χ4v) is 4.64. The number of nitrogens with zero attached hydrogens (tertiary/aromatic N) is 3. The number of aromatic nitrogens is 1. The first kappa shape index (κ1) is 17.7. The molecule has 1 N–H and O–H groups in total. The van der Waals surface area contributed by atoms with Crippen molar-refractivity contribution in [2.75, 3.05) is 25.0 Å². The van der Waals surface area contributed by atoms with Gasteiger partial charge in [0.2, 0.25) is 5.91 Å². The number of amides is 1. The molecule has 1 aromatic heterocycles. The number of fused-ring (bicyclic) bond motifs is 1. The fourth-order valence-electron chi connectivity index (χ4n) is 3.55. The minimum absolute atomic E-state index is 0.0809. The van der Waals surface area contributed by atoms with E-state index in [0.717, 1.165) is 36.5 Å². The van der Waals surface area contributed by atoms with Crippen LogP contribution in [0.1, 0.15) is 29.3 Å². The Balaban J connectivity index is 1.41. The first-order valence-corrected chi connectivity index (χ1v) is 9.91. The highest BCUT2D eigenvalue weighted by atomic mass is 32.1. The average molecular weight is 376 g/mol. The van der Waals surface area contributed by atoms with Crippen molar-refractivity contribution in [1.29, 1.82) is 5.26 Å². The summed E-state index contributed by atoms with van der Waals surface area (Å²) in [5.74, 6) is 0.290. The van der Waals surface area contributed by atoms with Gasteiger partial charge in [0.15, 0.2) is 0 Å². The van der Waals surface area contributed by atoms with Crippen LogP contribution in [0, 0.1) is 11.3 Å². The molecule has 0 saturated carbocycles. The molecule has 0 spiro atoms. The molecular formula is C21H20N4OS. The van der Waals surface area contributed by atoms with Gasteiger partial charge in [-0.05, 0) is 43.7 Å². The number of thiazole rings is 1. The summed E-state index contributed by atoms with van der Waals surface area (Å²) in [6.07, 6.45) is 2.16. The Bertz CT molecular complexity index is 974. The van der Waals surface area contributed by atoms with Gasteiger partial charge in [-0.15, -0.1) is 11.3 Å². The molecule has 0 radical (unpaired) electrons. The number of nitriles is 1. The highest BCUT2D eigenvalue weighted by molar-refractivity contribution is 7.18. The van der Waals surface area contributed by atoms with E-state index in [9.17, 15) is 4.79 Å². The van der Waals surface area contributed by atoms with Gasteiger partial charge in [-0.1, -0.05) is 24.3 Å². The minimum Gasteiger partial charge on any atom is -0.324 e. The molecule has 3 aromatic rings. The van der Waals surface area contributed by atoms with Gasteiger partial charge in [-0.2, -0.15) is 5.26 Å². The Morgan fingerprint density at radius 2 is 2.07 bits per heavy atom. The van der Waals surface area contributed by atoms with Crippen molar-refractivity contribution < 1.29 is 4.79 Å². The van der Waals surface area contributed by atoms with Crippen LogP contribution in [0.15, 0.2) is 48.5 Å². The average Bonchev–Trinajstić information content (AvgIpc) is 3.13. The van der Waals surface area contributed by atoms with Crippen molar-refractivity contribution in [1.82, 2.24) is 9.88 Å². The molecule has 6 heteroatoms. The van der Waals surface area contributed by atoms with Crippen LogP contribution in [0.25, 0.3) is 10.2 Å². The van der Waals surface area contributed by atoms with Crippen LogP contribution in [-0.2, 0) is 4.79 Å². The van der Waals surface area contributed by atoms with Gasteiger partial charge in [-0.25, -0.2) is 4.98 Å². The molecule has 1 amide bonds. The number of benzene rings is 2. The lowest BCUT2D eigenvalue weighted by molar-refractivity contribution is -0.117. The van der Waals surface area contributed by atoms with Crippen LogP contribution in [0.5, 0.6) is 0 Å². The molecule has 1 atom stereocenters. The minimum atomic E-state index is -0.0809. The highest BCUT2D eigenvalue weighted by Crippen LogP contribution is 2.32. The zero-order valence-electron chi connectivity index (χ0n) is 14.9. The molecule has 27 heavy (non-hydrogen) atoms. The van der Waals surface area contributed by atoms with Gasteiger partial charge >= 0.3 is 0 Å². The predicted molar refractivity (Wildman–Crippen MR) is 108 cm³/mol. The van der Waals surface area contributed by atoms with Crippen molar-refractivity contribution in [3.05, 3.63) is 59.1 Å². The molecule has 0 unspecified atom stereocenters. The number of nitrogens with one attached hydrogen (secondary N) is 1. The number of rotatable bonds is 4. The second-order valence-corrected chi connectivity index (χ2v) is 7.86. The monoisotopic (exact) mass is 376 g/mol. The van der Waals surface area contributed by atoms with Crippen molar-refractivity contribution in [2.24, 2.45) is 0 Å². The number of piperidine rings is 1. The Kier molecular flexibility index (Phi) is 5.14. The number of carbonyl (C=O) groups is 1. The largest absolute Gasteiger partial charge is 0.324 e. The lowest BCUT2D eigenvalue weighted by Gasteiger charge is -2.31. The summed E-state index contributed by atoms with van der Waals surface area (Å²) in [6.45, 7) is 2.09. The Labute approximate surface area is 162 Å². The number of hydrogen-bond donors (Lipinski definition) is 1. The van der Waals surface area contributed by atoms with Crippen LogP contribution >= 0.6 is 11.3 Å². The molecule has 1 aliphatic rings. The molecule has 2 aromatic carbocycles. The standard InChI is InChI=1S/C21H20N4OS/c22-12-15-6-1-2-8-17(15)23-20(26)14-25-11-5-7-16(13-25)21-24-18-9-3-4-10-19(18)27-21/h1-4,6,8-10,16H,5,7,11,13-14H2,(H,23,26)/t16-/m0/s1. The third-order valence-electron chi connectivity index (χ3n) is 4.85. The normalized spacial score (nSPS) is 17.5. The number of anilines is 1. The number of carbonyl (C=O) groups excluding carboxylic acids is 1. The Morgan fingerprint density at radius 1 is 1.26 bits per heavy atom. The third kappa shape index (κ3) is 4.00. The quantitative estimate of drug-likeness (QED) is 0.748. The van der Waals surface area contributed by atoms with Gasteiger partial charge in [0.1, 0.15) is 6.07 Å². The molecule has 1 fully saturated rings. The second kappa shape index (κ2) is 7.87. The van der Waals surface area contributed by atoms with Gasteiger partial charge < -0.3 is 5.32 Å². The van der Waals surface area contributed by atoms with Crippen molar-refractivity contribution in [3.63, 3.8) is 0 Å². The summed E-state index contributed by atoms with van der Waals surface area (Å²) < 4.78 is 1.22. The number of likely N-dealkylation sites (tertiary alicyclic amines) is 1. The van der Waals surface area contributed by atoms with E-state index in [0.29, 0.717) is 23.7 Å². The van der Waals surface area contributed by atoms with Gasteiger partial charge in [0.25, 0.3) is 0 Å². The van der Waals surface area contributed by atoms with Gasteiger partial charge in [0, 0.05) is 12.5 Å². The topological polar surface area (TPSA) is 69.0 Å². The van der Waals surface area contributed by atoms with Crippen LogP contribution in [0.4, 0.5) is 5.69 Å². The van der Waals surface area contributed by atoms with E-state index in [1.165, 1.54) is 4.70 Å². The number of para-hydroxylation sites is 2. The van der Waals surface area contributed by atoms with Gasteiger partial charge in [-0.3, -0.25) is 9.69 Å². The maximum absolute atomic E-state index is 12.5. The zero-order chi connectivity index (χ0) is 18.6. The van der Waals surface area contributed by atoms with E-state index in [2.05, 4.69) is 28.4 Å². The summed E-state index contributed by atoms with van der Waals surface area (Å²) in [5, 5.41) is 13.2. The molecule has 0 aliphatic carbocycles. The van der Waals surface area contributed by atoms with Crippen LogP contribution in [0.2, 0.25) is 0 Å². The van der Waals surface area contributed by atoms with Crippen molar-refractivity contribution in [3.8, 4) is 6.07 Å². The van der Waals surface area contributed by atoms with E-state index in [1.807, 2.05) is 18.2 Å². The molecule has 1 saturated heterocycles.